The third-order valence-electron chi connectivity index (χ3n) is 7.74. The predicted octanol–water partition coefficient (Wildman–Crippen LogP) is 8.50. The highest BCUT2D eigenvalue weighted by Gasteiger charge is 2.16. The van der Waals surface area contributed by atoms with Crippen LogP contribution in [0.2, 0.25) is 0 Å². The number of hydrogen-bond donors (Lipinski definition) is 2. The lowest BCUT2D eigenvalue weighted by atomic mass is 10.1. The molecule has 0 spiro atoms. The highest BCUT2D eigenvalue weighted by atomic mass is 16.7. The summed E-state index contributed by atoms with van der Waals surface area (Å²) in [6.45, 7) is 3.54. The van der Waals surface area contributed by atoms with E-state index in [1.165, 1.54) is 56.4 Å². The van der Waals surface area contributed by atoms with Gasteiger partial charge in [-0.1, -0.05) is 113 Å². The van der Waals surface area contributed by atoms with Crippen molar-refractivity contribution in [3.05, 3.63) is 95.6 Å². The predicted molar refractivity (Wildman–Crippen MR) is 181 cm³/mol. The number of aliphatic carboxylic acids is 1. The molecule has 1 amide bonds. The summed E-state index contributed by atoms with van der Waals surface area (Å²) in [5.74, 6) is -0.343. The number of carbonyl (C=O) groups is 3. The van der Waals surface area contributed by atoms with Crippen molar-refractivity contribution in [1.82, 2.24) is 10.4 Å². The topological polar surface area (TPSA) is 105 Å². The lowest BCUT2D eigenvalue weighted by Crippen LogP contribution is -2.29. The van der Waals surface area contributed by atoms with Crippen molar-refractivity contribution in [2.45, 2.75) is 96.9 Å². The quantitative estimate of drug-likeness (QED) is 0.0799. The minimum Gasteiger partial charge on any atom is -0.481 e. The molecule has 8 heteroatoms. The second-order valence-electron chi connectivity index (χ2n) is 11.6. The van der Waals surface area contributed by atoms with Gasteiger partial charge in [-0.2, -0.15) is 0 Å². The maximum atomic E-state index is 12.7. The van der Waals surface area contributed by atoms with Crippen molar-refractivity contribution >= 4 is 17.8 Å². The molecule has 3 aromatic carbocycles. The number of carboxylic acids is 1. The van der Waals surface area contributed by atoms with Gasteiger partial charge >= 0.3 is 11.9 Å². The molecule has 3 rings (SSSR count). The molecular weight excluding hydrogens is 580 g/mol. The minimum absolute atomic E-state index is 0.102. The van der Waals surface area contributed by atoms with Gasteiger partial charge in [0.15, 0.2) is 0 Å². The SMILES string of the molecule is CCCCCCCCCCCCNC(=O)c1ccc(CN(CCc2ccccc2Oc2ccccc2)OC(=O)CCC(=O)O)cc1. The summed E-state index contributed by atoms with van der Waals surface area (Å²) in [4.78, 5) is 41.7. The Labute approximate surface area is 274 Å². The number of para-hydroxylation sites is 2. The molecule has 0 bridgehead atoms. The van der Waals surface area contributed by atoms with Crippen molar-refractivity contribution in [3.63, 3.8) is 0 Å². The number of rotatable bonds is 23. The summed E-state index contributed by atoms with van der Waals surface area (Å²) in [7, 11) is 0. The molecule has 0 aliphatic rings. The number of benzene rings is 3. The summed E-state index contributed by atoms with van der Waals surface area (Å²) in [5.41, 5.74) is 2.37. The molecule has 0 aliphatic heterocycles. The van der Waals surface area contributed by atoms with Crippen molar-refractivity contribution in [2.24, 2.45) is 0 Å². The Morgan fingerprint density at radius 2 is 1.37 bits per heavy atom. The Bertz CT molecular complexity index is 1310. The molecule has 0 aliphatic carbocycles. The zero-order chi connectivity index (χ0) is 32.8. The van der Waals surface area contributed by atoms with E-state index >= 15 is 0 Å². The van der Waals surface area contributed by atoms with Crippen LogP contribution in [-0.2, 0) is 27.4 Å². The Kier molecular flexibility index (Phi) is 17.0. The molecule has 0 saturated carbocycles. The largest absolute Gasteiger partial charge is 0.481 e. The highest BCUT2D eigenvalue weighted by molar-refractivity contribution is 5.94. The molecule has 2 N–H and O–H groups in total. The number of carbonyl (C=O) groups excluding carboxylic acids is 2. The Morgan fingerprint density at radius 1 is 0.739 bits per heavy atom. The number of nitrogens with one attached hydrogen (secondary N) is 1. The number of carboxylic acid groups (broad SMARTS) is 1. The van der Waals surface area contributed by atoms with Crippen LogP contribution in [0.15, 0.2) is 78.9 Å². The van der Waals surface area contributed by atoms with Crippen LogP contribution < -0.4 is 10.1 Å². The molecule has 8 nitrogen and oxygen atoms in total. The zero-order valence-corrected chi connectivity index (χ0v) is 27.3. The third-order valence-corrected chi connectivity index (χ3v) is 7.74. The fraction of sp³-hybridized carbons (Fsp3) is 0.447. The van der Waals surface area contributed by atoms with Crippen molar-refractivity contribution < 1.29 is 29.1 Å². The van der Waals surface area contributed by atoms with E-state index in [0.717, 1.165) is 29.7 Å². The third kappa shape index (κ3) is 14.7. The smallest absolute Gasteiger partial charge is 0.325 e. The van der Waals surface area contributed by atoms with Crippen molar-refractivity contribution in [2.75, 3.05) is 13.1 Å². The number of hydrogen-bond acceptors (Lipinski definition) is 6. The van der Waals surface area contributed by atoms with Gasteiger partial charge in [-0.15, -0.1) is 5.06 Å². The Hall–Kier alpha value is -4.17. The van der Waals surface area contributed by atoms with Gasteiger partial charge in [0.25, 0.3) is 5.91 Å². The molecule has 0 saturated heterocycles. The van der Waals surface area contributed by atoms with Gasteiger partial charge in [-0.25, -0.2) is 0 Å². The minimum atomic E-state index is -1.06. The maximum absolute atomic E-state index is 12.7. The van der Waals surface area contributed by atoms with Crippen LogP contribution >= 0.6 is 0 Å². The molecule has 46 heavy (non-hydrogen) atoms. The first-order chi connectivity index (χ1) is 22.4. The van der Waals surface area contributed by atoms with Crippen LogP contribution in [0.1, 0.15) is 105 Å². The molecule has 0 heterocycles. The van der Waals surface area contributed by atoms with E-state index in [1.54, 1.807) is 12.1 Å². The van der Waals surface area contributed by atoms with Gasteiger partial charge in [0, 0.05) is 18.7 Å². The van der Waals surface area contributed by atoms with E-state index in [1.807, 2.05) is 66.7 Å². The highest BCUT2D eigenvalue weighted by Crippen LogP contribution is 2.26. The summed E-state index contributed by atoms with van der Waals surface area (Å²) < 4.78 is 6.08. The van der Waals surface area contributed by atoms with Crippen LogP contribution in [0.5, 0.6) is 11.5 Å². The van der Waals surface area contributed by atoms with E-state index in [0.29, 0.717) is 30.8 Å². The molecule has 0 unspecified atom stereocenters. The lowest BCUT2D eigenvalue weighted by molar-refractivity contribution is -0.194. The van der Waals surface area contributed by atoms with E-state index in [9.17, 15) is 14.4 Å². The monoisotopic (exact) mass is 630 g/mol. The fourth-order valence-corrected chi connectivity index (χ4v) is 5.11. The zero-order valence-electron chi connectivity index (χ0n) is 27.3. The first kappa shape index (κ1) is 36.3. The number of hydroxylamine groups is 2. The Balaban J connectivity index is 1.49. The van der Waals surface area contributed by atoms with Crippen LogP contribution in [0.25, 0.3) is 0 Å². The van der Waals surface area contributed by atoms with Crippen LogP contribution in [-0.4, -0.2) is 41.1 Å². The molecule has 0 radical (unpaired) electrons. The molecule has 0 aromatic heterocycles. The van der Waals surface area contributed by atoms with Gasteiger partial charge in [0.1, 0.15) is 11.5 Å². The number of nitrogens with zero attached hydrogens (tertiary/aromatic N) is 1. The molecule has 248 valence electrons. The first-order valence-electron chi connectivity index (χ1n) is 16.8. The fourth-order valence-electron chi connectivity index (χ4n) is 5.11. The van der Waals surface area contributed by atoms with E-state index < -0.39 is 11.9 Å². The standard InChI is InChI=1S/C38H50N2O6/c1-2-3-4-5-6-7-8-9-10-16-28-39-38(44)33-23-21-31(22-24-33)30-40(46-37(43)26-25-36(41)42)29-27-32-17-14-15-20-35(32)45-34-18-12-11-13-19-34/h11-15,17-24H,2-10,16,25-30H2,1H3,(H,39,44)(H,41,42). The van der Waals surface area contributed by atoms with E-state index in [-0.39, 0.29) is 25.3 Å². The molecule has 0 fully saturated rings. The normalized spacial score (nSPS) is 10.9. The van der Waals surface area contributed by atoms with Crippen LogP contribution in [0.4, 0.5) is 0 Å². The Morgan fingerprint density at radius 3 is 2.04 bits per heavy atom. The summed E-state index contributed by atoms with van der Waals surface area (Å²) in [6.07, 6.45) is 12.5. The lowest BCUT2D eigenvalue weighted by Gasteiger charge is -2.22. The first-order valence-corrected chi connectivity index (χ1v) is 16.8. The van der Waals surface area contributed by atoms with Gasteiger partial charge < -0.3 is 20.0 Å². The average Bonchev–Trinajstić information content (AvgIpc) is 3.06. The summed E-state index contributed by atoms with van der Waals surface area (Å²) >= 11 is 0. The van der Waals surface area contributed by atoms with Crippen molar-refractivity contribution in [3.8, 4) is 11.5 Å². The molecular formula is C38H50N2O6. The van der Waals surface area contributed by atoms with E-state index in [4.69, 9.17) is 14.7 Å². The van der Waals surface area contributed by atoms with Crippen LogP contribution in [0.3, 0.4) is 0 Å². The molecule has 3 aromatic rings. The second-order valence-corrected chi connectivity index (χ2v) is 11.6. The average molecular weight is 631 g/mol. The number of ether oxygens (including phenoxy) is 1. The second kappa shape index (κ2) is 21.5. The van der Waals surface area contributed by atoms with Gasteiger partial charge in [0.2, 0.25) is 0 Å². The molecule has 0 atom stereocenters. The summed E-state index contributed by atoms with van der Waals surface area (Å²) in [5, 5.41) is 13.5. The summed E-state index contributed by atoms with van der Waals surface area (Å²) in [6, 6.07) is 24.4. The van der Waals surface area contributed by atoms with Gasteiger partial charge in [-0.3, -0.25) is 14.4 Å². The van der Waals surface area contributed by atoms with E-state index in [2.05, 4.69) is 12.2 Å². The van der Waals surface area contributed by atoms with Gasteiger partial charge in [-0.05, 0) is 54.3 Å². The van der Waals surface area contributed by atoms with Crippen LogP contribution in [0, 0.1) is 0 Å². The maximum Gasteiger partial charge on any atom is 0.325 e. The van der Waals surface area contributed by atoms with Gasteiger partial charge in [0.05, 0.1) is 19.4 Å². The number of amides is 1. The number of unbranched alkanes of at least 4 members (excludes halogenated alkanes) is 9. The van der Waals surface area contributed by atoms with Crippen molar-refractivity contribution in [1.29, 1.82) is 0 Å².